The fourth-order valence-corrected chi connectivity index (χ4v) is 4.56. The van der Waals surface area contributed by atoms with Crippen LogP contribution in [-0.2, 0) is 7.05 Å². The van der Waals surface area contributed by atoms with E-state index < -0.39 is 0 Å². The van der Waals surface area contributed by atoms with Gasteiger partial charge < -0.3 is 15.2 Å². The first-order valence-corrected chi connectivity index (χ1v) is 11.2. The van der Waals surface area contributed by atoms with Crippen molar-refractivity contribution in [3.05, 3.63) is 70.9 Å². The molecule has 3 aromatic heterocycles. The maximum absolute atomic E-state index is 12.6. The normalized spacial score (nSPS) is 15.3. The highest BCUT2D eigenvalue weighted by molar-refractivity contribution is 5.95. The molecule has 32 heavy (non-hydrogen) atoms. The lowest BCUT2D eigenvalue weighted by atomic mass is 9.89. The van der Waals surface area contributed by atoms with Crippen LogP contribution < -0.4 is 10.9 Å². The van der Waals surface area contributed by atoms with Gasteiger partial charge in [0.1, 0.15) is 5.82 Å². The molecule has 1 aromatic carbocycles. The van der Waals surface area contributed by atoms with E-state index in [1.165, 1.54) is 31.5 Å². The molecule has 1 saturated heterocycles. The van der Waals surface area contributed by atoms with Gasteiger partial charge in [-0.25, -0.2) is 4.98 Å². The van der Waals surface area contributed by atoms with Crippen molar-refractivity contribution in [3.63, 3.8) is 0 Å². The van der Waals surface area contributed by atoms with E-state index in [4.69, 9.17) is 4.98 Å². The number of piperidine rings is 1. The highest BCUT2D eigenvalue weighted by Crippen LogP contribution is 2.31. The van der Waals surface area contributed by atoms with Crippen molar-refractivity contribution < 1.29 is 0 Å². The van der Waals surface area contributed by atoms with E-state index in [1.54, 1.807) is 17.1 Å². The Morgan fingerprint density at radius 2 is 1.94 bits per heavy atom. The van der Waals surface area contributed by atoms with Crippen LogP contribution >= 0.6 is 0 Å². The number of nitrogens with one attached hydrogen (secondary N) is 2. The molecule has 4 aromatic rings. The summed E-state index contributed by atoms with van der Waals surface area (Å²) < 4.78 is 1.75. The van der Waals surface area contributed by atoms with Crippen LogP contribution in [0.3, 0.4) is 0 Å². The molecule has 0 bridgehead atoms. The molecule has 5 rings (SSSR count). The van der Waals surface area contributed by atoms with Gasteiger partial charge in [-0.05, 0) is 73.6 Å². The number of pyridine rings is 2. The zero-order valence-electron chi connectivity index (χ0n) is 18.5. The molecule has 0 spiro atoms. The lowest BCUT2D eigenvalue weighted by molar-refractivity contribution is 0.222. The van der Waals surface area contributed by atoms with Crippen molar-refractivity contribution in [2.75, 3.05) is 25.0 Å². The van der Waals surface area contributed by atoms with Crippen LogP contribution in [0.4, 0.5) is 11.5 Å². The zero-order valence-corrected chi connectivity index (χ0v) is 18.5. The fourth-order valence-electron chi connectivity index (χ4n) is 4.56. The summed E-state index contributed by atoms with van der Waals surface area (Å²) in [6, 6.07) is 12.4. The fraction of sp³-hybridized carbons (Fsp3) is 0.320. The van der Waals surface area contributed by atoms with Crippen LogP contribution in [-0.4, -0.2) is 44.3 Å². The second-order valence-electron chi connectivity index (χ2n) is 8.49. The van der Waals surface area contributed by atoms with Crippen molar-refractivity contribution in [3.8, 4) is 11.3 Å². The number of hydrogen-bond acceptors (Lipinski definition) is 5. The number of aromatic nitrogens is 4. The van der Waals surface area contributed by atoms with E-state index in [-0.39, 0.29) is 5.56 Å². The summed E-state index contributed by atoms with van der Waals surface area (Å²) in [5, 5.41) is 9.03. The van der Waals surface area contributed by atoms with Crippen molar-refractivity contribution in [1.29, 1.82) is 0 Å². The molecule has 0 atom stereocenters. The van der Waals surface area contributed by atoms with Crippen LogP contribution in [0.15, 0.2) is 59.8 Å². The Hall–Kier alpha value is -3.45. The van der Waals surface area contributed by atoms with Gasteiger partial charge in [0.2, 0.25) is 0 Å². The van der Waals surface area contributed by atoms with Gasteiger partial charge >= 0.3 is 0 Å². The van der Waals surface area contributed by atoms with E-state index in [1.807, 2.05) is 25.4 Å². The molecule has 1 aliphatic rings. The number of rotatable bonds is 5. The van der Waals surface area contributed by atoms with E-state index in [9.17, 15) is 4.79 Å². The van der Waals surface area contributed by atoms with E-state index in [0.717, 1.165) is 28.9 Å². The molecule has 7 nitrogen and oxygen atoms in total. The molecule has 0 saturated carbocycles. The van der Waals surface area contributed by atoms with Crippen molar-refractivity contribution in [1.82, 2.24) is 24.6 Å². The van der Waals surface area contributed by atoms with Gasteiger partial charge in [0.25, 0.3) is 5.56 Å². The third-order valence-corrected chi connectivity index (χ3v) is 6.43. The van der Waals surface area contributed by atoms with Crippen LogP contribution in [0.25, 0.3) is 22.0 Å². The first-order valence-electron chi connectivity index (χ1n) is 11.2. The minimum Gasteiger partial charge on any atom is -0.340 e. The monoisotopic (exact) mass is 428 g/mol. The number of aryl methyl sites for hydroxylation is 1. The second-order valence-corrected chi connectivity index (χ2v) is 8.49. The maximum atomic E-state index is 12.6. The summed E-state index contributed by atoms with van der Waals surface area (Å²) >= 11 is 0. The van der Waals surface area contributed by atoms with Crippen LogP contribution in [0, 0.1) is 0 Å². The van der Waals surface area contributed by atoms with Gasteiger partial charge in [-0.3, -0.25) is 9.48 Å². The first-order chi connectivity index (χ1) is 15.6. The Kier molecular flexibility index (Phi) is 5.49. The molecule has 0 amide bonds. The van der Waals surface area contributed by atoms with E-state index >= 15 is 0 Å². The summed E-state index contributed by atoms with van der Waals surface area (Å²) in [4.78, 5) is 22.7. The lowest BCUT2D eigenvalue weighted by Gasteiger charge is -2.31. The Balaban J connectivity index is 1.45. The van der Waals surface area contributed by atoms with Crippen molar-refractivity contribution in [2.24, 2.45) is 7.05 Å². The van der Waals surface area contributed by atoms with Crippen LogP contribution in [0.1, 0.15) is 31.2 Å². The number of anilines is 2. The molecule has 1 fully saturated rings. The summed E-state index contributed by atoms with van der Waals surface area (Å²) in [5.74, 6) is 1.16. The maximum Gasteiger partial charge on any atom is 0.259 e. The largest absolute Gasteiger partial charge is 0.340 e. The minimum atomic E-state index is -0.158. The number of H-pyrrole nitrogens is 1. The molecule has 0 aliphatic carbocycles. The minimum absolute atomic E-state index is 0.158. The van der Waals surface area contributed by atoms with Crippen molar-refractivity contribution in [2.45, 2.75) is 25.7 Å². The van der Waals surface area contributed by atoms with Gasteiger partial charge in [-0.15, -0.1) is 0 Å². The highest BCUT2D eigenvalue weighted by Gasteiger charge is 2.19. The number of fused-ring (bicyclic) bond motifs is 1. The predicted molar refractivity (Wildman–Crippen MR) is 128 cm³/mol. The Labute approximate surface area is 187 Å². The first kappa shape index (κ1) is 20.5. The molecule has 4 heterocycles. The lowest BCUT2D eigenvalue weighted by Crippen LogP contribution is -2.32. The van der Waals surface area contributed by atoms with Gasteiger partial charge in [-0.1, -0.05) is 19.1 Å². The Bertz CT molecular complexity index is 1280. The zero-order chi connectivity index (χ0) is 22.1. The molecule has 0 radical (unpaired) electrons. The topological polar surface area (TPSA) is 78.8 Å². The quantitative estimate of drug-likeness (QED) is 0.496. The summed E-state index contributed by atoms with van der Waals surface area (Å²) in [5.41, 5.74) is 3.82. The molecule has 0 unspecified atom stereocenters. The summed E-state index contributed by atoms with van der Waals surface area (Å²) in [6.07, 6.45) is 7.78. The molecule has 2 N–H and O–H groups in total. The standard InChI is InChI=1S/C25H28N6O/c1-3-31-12-9-18(10-13-31)17-4-6-21(7-5-17)28-24-23-19(8-11-26-25(23)32)14-22(29-24)20-15-27-30(2)16-20/h4-8,11,14-16,18H,3,9-10,12-13H2,1-2H3,(H,26,32)(H,28,29). The van der Waals surface area contributed by atoms with Gasteiger partial charge in [0, 0.05) is 30.7 Å². The van der Waals surface area contributed by atoms with Gasteiger partial charge in [0.05, 0.1) is 17.3 Å². The van der Waals surface area contributed by atoms with Crippen molar-refractivity contribution >= 4 is 22.3 Å². The SMILES string of the molecule is CCN1CCC(c2ccc(Nc3nc(-c4cnn(C)c4)cc4cc[nH]c(=O)c34)cc2)CC1. The average molecular weight is 429 g/mol. The summed E-state index contributed by atoms with van der Waals surface area (Å²) in [6.45, 7) is 5.70. The molecule has 164 valence electrons. The second kappa shape index (κ2) is 8.59. The third kappa shape index (κ3) is 4.03. The number of nitrogens with zero attached hydrogens (tertiary/aromatic N) is 4. The molecular weight excluding hydrogens is 400 g/mol. The highest BCUT2D eigenvalue weighted by atomic mass is 16.1. The Morgan fingerprint density at radius 1 is 1.16 bits per heavy atom. The van der Waals surface area contributed by atoms with Gasteiger partial charge in [0.15, 0.2) is 0 Å². The van der Waals surface area contributed by atoms with E-state index in [2.05, 4.69) is 51.5 Å². The Morgan fingerprint density at radius 3 is 2.62 bits per heavy atom. The van der Waals surface area contributed by atoms with Crippen LogP contribution in [0.5, 0.6) is 0 Å². The predicted octanol–water partition coefficient (Wildman–Crippen LogP) is 4.27. The smallest absolute Gasteiger partial charge is 0.259 e. The van der Waals surface area contributed by atoms with Crippen LogP contribution in [0.2, 0.25) is 0 Å². The number of likely N-dealkylation sites (tertiary alicyclic amines) is 1. The number of benzene rings is 1. The number of aromatic amines is 1. The number of hydrogen-bond donors (Lipinski definition) is 2. The summed E-state index contributed by atoms with van der Waals surface area (Å²) in [7, 11) is 1.88. The van der Waals surface area contributed by atoms with Gasteiger partial charge in [-0.2, -0.15) is 5.10 Å². The molecular formula is C25H28N6O. The van der Waals surface area contributed by atoms with E-state index in [0.29, 0.717) is 17.1 Å². The third-order valence-electron chi connectivity index (χ3n) is 6.43. The molecule has 1 aliphatic heterocycles. The average Bonchev–Trinajstić information content (AvgIpc) is 3.26. The molecule has 7 heteroatoms.